The average molecular weight is 423 g/mol. The molecule has 1 unspecified atom stereocenters. The van der Waals surface area contributed by atoms with E-state index in [2.05, 4.69) is 17.3 Å². The summed E-state index contributed by atoms with van der Waals surface area (Å²) in [5.41, 5.74) is 1.57. The molecule has 1 aliphatic heterocycles. The molecule has 1 fully saturated rings. The van der Waals surface area contributed by atoms with Crippen LogP contribution in [0.5, 0.6) is 0 Å². The van der Waals surface area contributed by atoms with E-state index in [0.717, 1.165) is 37.1 Å². The number of halogens is 3. The first kappa shape index (κ1) is 21.1. The molecule has 0 aromatic heterocycles. The first-order chi connectivity index (χ1) is 13.3. The van der Waals surface area contributed by atoms with Gasteiger partial charge in [0.2, 0.25) is 5.91 Å². The summed E-state index contributed by atoms with van der Waals surface area (Å²) >= 11 is 12.1. The predicted molar refractivity (Wildman–Crippen MR) is 112 cm³/mol. The molecule has 0 radical (unpaired) electrons. The van der Waals surface area contributed by atoms with Crippen LogP contribution >= 0.6 is 23.2 Å². The number of amides is 1. The highest BCUT2D eigenvalue weighted by atomic mass is 35.5. The van der Waals surface area contributed by atoms with Gasteiger partial charge in [0.15, 0.2) is 0 Å². The van der Waals surface area contributed by atoms with Crippen LogP contribution in [0.4, 0.5) is 4.39 Å². The molecule has 0 spiro atoms. The SMILES string of the molecule is CC(C(=O)NCc1cc(Cl)cc(Cl)c1)C1(c2ccc(F)cc2)CCN(C)CC1. The van der Waals surface area contributed by atoms with Gasteiger partial charge in [-0.15, -0.1) is 0 Å². The molecule has 2 aromatic carbocycles. The fourth-order valence-electron chi connectivity index (χ4n) is 4.08. The maximum Gasteiger partial charge on any atom is 0.223 e. The molecule has 3 nitrogen and oxygen atoms in total. The number of likely N-dealkylation sites (tertiary alicyclic amines) is 1. The van der Waals surface area contributed by atoms with Gasteiger partial charge in [-0.1, -0.05) is 42.3 Å². The van der Waals surface area contributed by atoms with E-state index in [1.165, 1.54) is 12.1 Å². The van der Waals surface area contributed by atoms with Crippen molar-refractivity contribution in [2.75, 3.05) is 20.1 Å². The lowest BCUT2D eigenvalue weighted by atomic mass is 9.64. The molecule has 3 rings (SSSR count). The summed E-state index contributed by atoms with van der Waals surface area (Å²) in [7, 11) is 2.09. The predicted octanol–water partition coefficient (Wildman–Crippen LogP) is 5.05. The van der Waals surface area contributed by atoms with Crippen LogP contribution in [-0.4, -0.2) is 30.9 Å². The quantitative estimate of drug-likeness (QED) is 0.730. The molecule has 0 aliphatic carbocycles. The Morgan fingerprint density at radius 3 is 2.29 bits per heavy atom. The van der Waals surface area contributed by atoms with Crippen molar-refractivity contribution in [3.63, 3.8) is 0 Å². The minimum absolute atomic E-state index is 0.0232. The molecule has 1 aliphatic rings. The van der Waals surface area contributed by atoms with Crippen LogP contribution in [0.25, 0.3) is 0 Å². The normalized spacial score (nSPS) is 17.9. The Bertz CT molecular complexity index is 813. The Hall–Kier alpha value is -1.62. The molecule has 0 bridgehead atoms. The van der Waals surface area contributed by atoms with Crippen LogP contribution in [0.15, 0.2) is 42.5 Å². The molecule has 1 amide bonds. The lowest BCUT2D eigenvalue weighted by Gasteiger charge is -2.44. The van der Waals surface area contributed by atoms with Crippen molar-refractivity contribution in [1.29, 1.82) is 0 Å². The van der Waals surface area contributed by atoms with Gasteiger partial charge in [-0.25, -0.2) is 4.39 Å². The third-order valence-electron chi connectivity index (χ3n) is 5.91. The molecule has 1 N–H and O–H groups in total. The van der Waals surface area contributed by atoms with Gasteiger partial charge >= 0.3 is 0 Å². The highest BCUT2D eigenvalue weighted by molar-refractivity contribution is 6.34. The van der Waals surface area contributed by atoms with E-state index < -0.39 is 0 Å². The number of hydrogen-bond acceptors (Lipinski definition) is 2. The van der Waals surface area contributed by atoms with Gasteiger partial charge in [0, 0.05) is 27.9 Å². The number of piperidine rings is 1. The van der Waals surface area contributed by atoms with Crippen LogP contribution in [0.3, 0.4) is 0 Å². The molecule has 6 heteroatoms. The molecule has 1 heterocycles. The van der Waals surface area contributed by atoms with Crippen LogP contribution < -0.4 is 5.32 Å². The molecule has 2 aromatic rings. The Morgan fingerprint density at radius 1 is 1.14 bits per heavy atom. The summed E-state index contributed by atoms with van der Waals surface area (Å²) in [5, 5.41) is 4.11. The zero-order chi connectivity index (χ0) is 20.3. The smallest absolute Gasteiger partial charge is 0.223 e. The Labute approximate surface area is 175 Å². The van der Waals surface area contributed by atoms with E-state index in [4.69, 9.17) is 23.2 Å². The van der Waals surface area contributed by atoms with Crippen molar-refractivity contribution in [3.05, 3.63) is 69.5 Å². The number of carbonyl (C=O) groups excluding carboxylic acids is 1. The number of hydrogen-bond donors (Lipinski definition) is 1. The zero-order valence-electron chi connectivity index (χ0n) is 16.1. The largest absolute Gasteiger partial charge is 0.352 e. The van der Waals surface area contributed by atoms with Crippen molar-refractivity contribution in [2.45, 2.75) is 31.7 Å². The molecule has 1 atom stereocenters. The van der Waals surface area contributed by atoms with E-state index >= 15 is 0 Å². The highest BCUT2D eigenvalue weighted by Gasteiger charge is 2.43. The van der Waals surface area contributed by atoms with E-state index in [1.54, 1.807) is 18.2 Å². The summed E-state index contributed by atoms with van der Waals surface area (Å²) in [4.78, 5) is 15.3. The molecule has 150 valence electrons. The second kappa shape index (κ2) is 8.81. The van der Waals surface area contributed by atoms with Crippen LogP contribution in [0.2, 0.25) is 10.0 Å². The fraction of sp³-hybridized carbons (Fsp3) is 0.409. The monoisotopic (exact) mass is 422 g/mol. The number of benzene rings is 2. The van der Waals surface area contributed by atoms with E-state index in [1.807, 2.05) is 19.1 Å². The van der Waals surface area contributed by atoms with E-state index in [-0.39, 0.29) is 23.1 Å². The van der Waals surface area contributed by atoms with Crippen molar-refractivity contribution < 1.29 is 9.18 Å². The van der Waals surface area contributed by atoms with E-state index in [0.29, 0.717) is 16.6 Å². The van der Waals surface area contributed by atoms with Gasteiger partial charge in [0.05, 0.1) is 0 Å². The standard InChI is InChI=1S/C22H25Cl2FN2O/c1-15(21(28)26-14-16-11-18(23)13-19(24)12-16)22(7-9-27(2)10-8-22)17-3-5-20(25)6-4-17/h3-6,11-13,15H,7-10,14H2,1-2H3,(H,26,28). The van der Waals surface area contributed by atoms with Gasteiger partial charge in [0.25, 0.3) is 0 Å². The molecule has 28 heavy (non-hydrogen) atoms. The maximum absolute atomic E-state index is 13.5. The van der Waals surface area contributed by atoms with Crippen molar-refractivity contribution in [3.8, 4) is 0 Å². The van der Waals surface area contributed by atoms with Crippen molar-refractivity contribution >= 4 is 29.1 Å². The molecule has 1 saturated heterocycles. The Kier molecular flexibility index (Phi) is 6.64. The summed E-state index contributed by atoms with van der Waals surface area (Å²) in [6.07, 6.45) is 1.71. The van der Waals surface area contributed by atoms with Crippen LogP contribution in [0.1, 0.15) is 30.9 Å². The lowest BCUT2D eigenvalue weighted by Crippen LogP contribution is -2.49. The molecule has 0 saturated carbocycles. The second-order valence-electron chi connectivity index (χ2n) is 7.68. The Balaban J connectivity index is 1.79. The van der Waals surface area contributed by atoms with Gasteiger partial charge in [-0.05, 0) is 74.4 Å². The lowest BCUT2D eigenvalue weighted by molar-refractivity contribution is -0.127. The maximum atomic E-state index is 13.5. The minimum atomic E-state index is -0.309. The highest BCUT2D eigenvalue weighted by Crippen LogP contribution is 2.42. The minimum Gasteiger partial charge on any atom is -0.352 e. The number of nitrogens with one attached hydrogen (secondary N) is 1. The summed E-state index contributed by atoms with van der Waals surface area (Å²) in [5.74, 6) is -0.534. The van der Waals surface area contributed by atoms with Gasteiger partial charge < -0.3 is 10.2 Å². The van der Waals surface area contributed by atoms with Crippen molar-refractivity contribution in [1.82, 2.24) is 10.2 Å². The molecular weight excluding hydrogens is 398 g/mol. The zero-order valence-corrected chi connectivity index (χ0v) is 17.7. The Morgan fingerprint density at radius 2 is 1.71 bits per heavy atom. The summed E-state index contributed by atoms with van der Waals surface area (Å²) in [6.45, 7) is 4.13. The average Bonchev–Trinajstić information content (AvgIpc) is 2.66. The first-order valence-electron chi connectivity index (χ1n) is 9.47. The summed E-state index contributed by atoms with van der Waals surface area (Å²) < 4.78 is 13.5. The fourth-order valence-corrected chi connectivity index (χ4v) is 4.65. The first-order valence-corrected chi connectivity index (χ1v) is 10.2. The van der Waals surface area contributed by atoms with Crippen LogP contribution in [-0.2, 0) is 16.8 Å². The van der Waals surface area contributed by atoms with Crippen LogP contribution in [0, 0.1) is 11.7 Å². The summed E-state index contributed by atoms with van der Waals surface area (Å²) in [6, 6.07) is 11.9. The van der Waals surface area contributed by atoms with Gasteiger partial charge in [-0.2, -0.15) is 0 Å². The molecular formula is C22H25Cl2FN2O. The van der Waals surface area contributed by atoms with Gasteiger partial charge in [0.1, 0.15) is 5.82 Å². The van der Waals surface area contributed by atoms with Gasteiger partial charge in [-0.3, -0.25) is 4.79 Å². The van der Waals surface area contributed by atoms with Crippen molar-refractivity contribution in [2.24, 2.45) is 5.92 Å². The third-order valence-corrected chi connectivity index (χ3v) is 6.35. The van der Waals surface area contributed by atoms with E-state index in [9.17, 15) is 9.18 Å². The number of rotatable bonds is 5. The topological polar surface area (TPSA) is 32.3 Å². The second-order valence-corrected chi connectivity index (χ2v) is 8.56. The number of nitrogens with zero attached hydrogens (tertiary/aromatic N) is 1. The number of carbonyl (C=O) groups is 1. The third kappa shape index (κ3) is 4.68.